The van der Waals surface area contributed by atoms with E-state index in [-0.39, 0.29) is 5.54 Å². The van der Waals surface area contributed by atoms with Crippen LogP contribution in [0.4, 0.5) is 0 Å². The quantitative estimate of drug-likeness (QED) is 0.876. The van der Waals surface area contributed by atoms with Gasteiger partial charge in [0, 0.05) is 25.7 Å². The lowest BCUT2D eigenvalue weighted by Gasteiger charge is -2.45. The normalized spacial score (nSPS) is 25.7. The molecule has 0 amide bonds. The number of nitrogens with one attached hydrogen (secondary N) is 1. The molecular weight excluding hydrogens is 276 g/mol. The molecule has 2 atom stereocenters. The largest absolute Gasteiger partial charge is 0.481 e. The molecule has 0 saturated heterocycles. The Kier molecular flexibility index (Phi) is 5.50. The molecule has 0 spiro atoms. The van der Waals surface area contributed by atoms with Crippen LogP contribution in [0.25, 0.3) is 0 Å². The maximum atomic E-state index is 5.48. The standard InChI is InChI=1S/C17H32N4O/c1-13-8-7-9-17(10-13,20(3)4)12-18-11-15-14(2)19-21(5)16(15)22-6/h13,18H,7-12H2,1-6H3. The highest BCUT2D eigenvalue weighted by molar-refractivity contribution is 5.30. The Labute approximate surface area is 135 Å². The van der Waals surface area contributed by atoms with Gasteiger partial charge in [-0.15, -0.1) is 0 Å². The molecule has 0 radical (unpaired) electrons. The number of nitrogens with zero attached hydrogens (tertiary/aromatic N) is 3. The molecule has 1 aliphatic carbocycles. The van der Waals surface area contributed by atoms with Crippen molar-refractivity contribution in [3.8, 4) is 5.88 Å². The second kappa shape index (κ2) is 7.01. The highest BCUT2D eigenvalue weighted by atomic mass is 16.5. The Morgan fingerprint density at radius 1 is 1.45 bits per heavy atom. The van der Waals surface area contributed by atoms with E-state index in [1.165, 1.54) is 31.2 Å². The van der Waals surface area contributed by atoms with Crippen LogP contribution in [0, 0.1) is 12.8 Å². The molecule has 1 aromatic rings. The van der Waals surface area contributed by atoms with Gasteiger partial charge < -0.3 is 15.0 Å². The molecule has 0 bridgehead atoms. The number of methoxy groups -OCH3 is 1. The second-order valence-corrected chi connectivity index (χ2v) is 7.12. The fourth-order valence-corrected chi connectivity index (χ4v) is 3.92. The summed E-state index contributed by atoms with van der Waals surface area (Å²) in [4.78, 5) is 2.42. The van der Waals surface area contributed by atoms with E-state index in [2.05, 4.69) is 36.3 Å². The van der Waals surface area contributed by atoms with Crippen molar-refractivity contribution in [1.29, 1.82) is 0 Å². The lowest BCUT2D eigenvalue weighted by molar-refractivity contribution is 0.0749. The molecule has 1 aliphatic rings. The van der Waals surface area contributed by atoms with E-state index in [1.807, 2.05) is 18.7 Å². The fourth-order valence-electron chi connectivity index (χ4n) is 3.92. The predicted molar refractivity (Wildman–Crippen MR) is 90.3 cm³/mol. The van der Waals surface area contributed by atoms with E-state index in [1.54, 1.807) is 7.11 Å². The molecule has 22 heavy (non-hydrogen) atoms. The fraction of sp³-hybridized carbons (Fsp3) is 0.824. The summed E-state index contributed by atoms with van der Waals surface area (Å²) in [6, 6.07) is 0. The highest BCUT2D eigenvalue weighted by Gasteiger charge is 2.36. The van der Waals surface area contributed by atoms with Crippen LogP contribution in [-0.2, 0) is 13.6 Å². The summed E-state index contributed by atoms with van der Waals surface area (Å²) >= 11 is 0. The minimum Gasteiger partial charge on any atom is -0.481 e. The average Bonchev–Trinajstić information content (AvgIpc) is 2.72. The molecule has 126 valence electrons. The molecule has 1 N–H and O–H groups in total. The van der Waals surface area contributed by atoms with Crippen LogP contribution in [0.1, 0.15) is 43.9 Å². The summed E-state index contributed by atoms with van der Waals surface area (Å²) in [5, 5.41) is 8.12. The van der Waals surface area contributed by atoms with Crippen LogP contribution in [0.15, 0.2) is 0 Å². The molecule has 0 aliphatic heterocycles. The van der Waals surface area contributed by atoms with Gasteiger partial charge in [-0.2, -0.15) is 5.10 Å². The second-order valence-electron chi connectivity index (χ2n) is 7.12. The third-order valence-electron chi connectivity index (χ3n) is 5.25. The molecule has 2 rings (SSSR count). The van der Waals surface area contributed by atoms with E-state index in [0.717, 1.165) is 30.6 Å². The Balaban J connectivity index is 2.02. The minimum atomic E-state index is 0.279. The van der Waals surface area contributed by atoms with Crippen LogP contribution in [0.5, 0.6) is 5.88 Å². The average molecular weight is 308 g/mol. The molecule has 1 aromatic heterocycles. The zero-order chi connectivity index (χ0) is 16.3. The molecule has 1 saturated carbocycles. The maximum absolute atomic E-state index is 5.48. The zero-order valence-electron chi connectivity index (χ0n) is 15.1. The van der Waals surface area contributed by atoms with E-state index in [4.69, 9.17) is 4.74 Å². The van der Waals surface area contributed by atoms with Gasteiger partial charge in [0.05, 0.1) is 18.4 Å². The van der Waals surface area contributed by atoms with Gasteiger partial charge in [-0.3, -0.25) is 0 Å². The summed E-state index contributed by atoms with van der Waals surface area (Å²) in [7, 11) is 8.08. The van der Waals surface area contributed by atoms with Crippen molar-refractivity contribution in [2.75, 3.05) is 27.7 Å². The topological polar surface area (TPSA) is 42.3 Å². The number of likely N-dealkylation sites (N-methyl/N-ethyl adjacent to an activating group) is 1. The summed E-state index contributed by atoms with van der Waals surface area (Å²) in [6.45, 7) is 6.25. The van der Waals surface area contributed by atoms with E-state index >= 15 is 0 Å². The van der Waals surface area contributed by atoms with E-state index < -0.39 is 0 Å². The first-order valence-electron chi connectivity index (χ1n) is 8.34. The van der Waals surface area contributed by atoms with Crippen LogP contribution < -0.4 is 10.1 Å². The number of rotatable bonds is 6. The van der Waals surface area contributed by atoms with Crippen LogP contribution >= 0.6 is 0 Å². The van der Waals surface area contributed by atoms with Crippen molar-refractivity contribution in [2.24, 2.45) is 13.0 Å². The number of aryl methyl sites for hydroxylation is 2. The Bertz CT molecular complexity index is 497. The lowest BCUT2D eigenvalue weighted by Crippen LogP contribution is -2.54. The smallest absolute Gasteiger partial charge is 0.216 e. The Hall–Kier alpha value is -1.07. The van der Waals surface area contributed by atoms with Crippen LogP contribution in [0.2, 0.25) is 0 Å². The van der Waals surface area contributed by atoms with Crippen molar-refractivity contribution in [2.45, 2.75) is 51.6 Å². The summed E-state index contributed by atoms with van der Waals surface area (Å²) < 4.78 is 7.30. The third kappa shape index (κ3) is 3.46. The molecular formula is C17H32N4O. The first-order chi connectivity index (χ1) is 10.4. The molecule has 5 nitrogen and oxygen atoms in total. The van der Waals surface area contributed by atoms with Gasteiger partial charge in [0.25, 0.3) is 0 Å². The molecule has 1 heterocycles. The number of hydrogen-bond donors (Lipinski definition) is 1. The van der Waals surface area contributed by atoms with Gasteiger partial charge in [0.2, 0.25) is 5.88 Å². The van der Waals surface area contributed by atoms with Crippen LogP contribution in [0.3, 0.4) is 0 Å². The molecule has 0 aromatic carbocycles. The van der Waals surface area contributed by atoms with Gasteiger partial charge >= 0.3 is 0 Å². The van der Waals surface area contributed by atoms with Crippen molar-refractivity contribution in [1.82, 2.24) is 20.0 Å². The number of ether oxygens (including phenoxy) is 1. The number of hydrogen-bond acceptors (Lipinski definition) is 4. The van der Waals surface area contributed by atoms with Gasteiger partial charge in [-0.1, -0.05) is 19.8 Å². The zero-order valence-corrected chi connectivity index (χ0v) is 15.1. The van der Waals surface area contributed by atoms with Gasteiger partial charge in [-0.25, -0.2) is 4.68 Å². The van der Waals surface area contributed by atoms with Gasteiger partial charge in [0.15, 0.2) is 0 Å². The van der Waals surface area contributed by atoms with Crippen molar-refractivity contribution >= 4 is 0 Å². The van der Waals surface area contributed by atoms with E-state index in [9.17, 15) is 0 Å². The molecule has 2 unspecified atom stereocenters. The Morgan fingerprint density at radius 3 is 2.77 bits per heavy atom. The summed E-state index contributed by atoms with van der Waals surface area (Å²) in [5.74, 6) is 1.67. The van der Waals surface area contributed by atoms with Crippen molar-refractivity contribution < 1.29 is 4.74 Å². The minimum absolute atomic E-state index is 0.279. The SMILES string of the molecule is COc1c(CNCC2(N(C)C)CCCC(C)C2)c(C)nn1C. The lowest BCUT2D eigenvalue weighted by atomic mass is 9.75. The third-order valence-corrected chi connectivity index (χ3v) is 5.25. The predicted octanol–water partition coefficient (Wildman–Crippen LogP) is 2.34. The highest BCUT2D eigenvalue weighted by Crippen LogP contribution is 2.35. The van der Waals surface area contributed by atoms with Crippen LogP contribution in [-0.4, -0.2) is 48.0 Å². The number of aromatic nitrogens is 2. The summed E-state index contributed by atoms with van der Waals surface area (Å²) in [6.07, 6.45) is 5.25. The first kappa shape index (κ1) is 17.3. The first-order valence-corrected chi connectivity index (χ1v) is 8.34. The monoisotopic (exact) mass is 308 g/mol. The Morgan fingerprint density at radius 2 is 2.18 bits per heavy atom. The van der Waals surface area contributed by atoms with Crippen molar-refractivity contribution in [3.63, 3.8) is 0 Å². The summed E-state index contributed by atoms with van der Waals surface area (Å²) in [5.41, 5.74) is 2.49. The van der Waals surface area contributed by atoms with Gasteiger partial charge in [-0.05, 0) is 39.8 Å². The molecule has 1 fully saturated rings. The van der Waals surface area contributed by atoms with Crippen molar-refractivity contribution in [3.05, 3.63) is 11.3 Å². The molecule has 5 heteroatoms. The van der Waals surface area contributed by atoms with Gasteiger partial charge in [0.1, 0.15) is 0 Å². The van der Waals surface area contributed by atoms with E-state index in [0.29, 0.717) is 0 Å². The maximum Gasteiger partial charge on any atom is 0.216 e.